The Balaban J connectivity index is 2.51. The summed E-state index contributed by atoms with van der Waals surface area (Å²) in [4.78, 5) is 0. The van der Waals surface area contributed by atoms with Crippen LogP contribution < -0.4 is 11.2 Å². The zero-order valence-corrected chi connectivity index (χ0v) is 7.08. The van der Waals surface area contributed by atoms with Crippen LogP contribution in [0.5, 0.6) is 0 Å². The Morgan fingerprint density at radius 1 is 1.58 bits per heavy atom. The number of aliphatic hydroxyl groups is 1. The minimum Gasteiger partial charge on any atom is -0.393 e. The van der Waals surface area contributed by atoms with Gasteiger partial charge in [0.2, 0.25) is 0 Å². The van der Waals surface area contributed by atoms with E-state index in [1.165, 1.54) is 0 Å². The zero-order chi connectivity index (χ0) is 8.97. The summed E-state index contributed by atoms with van der Waals surface area (Å²) in [5, 5.41) is 12.7. The first-order valence-electron chi connectivity index (χ1n) is 4.11. The summed E-state index contributed by atoms with van der Waals surface area (Å²) >= 11 is 0. The Morgan fingerprint density at radius 2 is 2.17 bits per heavy atom. The summed E-state index contributed by atoms with van der Waals surface area (Å²) in [6, 6.07) is 0. The molecule has 0 aromatic heterocycles. The van der Waals surface area contributed by atoms with Gasteiger partial charge < -0.3 is 10.8 Å². The lowest BCUT2D eigenvalue weighted by Crippen LogP contribution is -2.21. The fourth-order valence-corrected chi connectivity index (χ4v) is 1.38. The first kappa shape index (κ1) is 9.06. The van der Waals surface area contributed by atoms with Gasteiger partial charge in [0.15, 0.2) is 0 Å². The second-order valence-electron chi connectivity index (χ2n) is 3.02. The van der Waals surface area contributed by atoms with Crippen LogP contribution >= 0.6 is 0 Å². The third-order valence-electron chi connectivity index (χ3n) is 2.14. The van der Waals surface area contributed by atoms with E-state index in [2.05, 4.69) is 17.2 Å². The van der Waals surface area contributed by atoms with Gasteiger partial charge in [-0.1, -0.05) is 0 Å². The van der Waals surface area contributed by atoms with Crippen molar-refractivity contribution >= 4 is 6.72 Å². The summed E-state index contributed by atoms with van der Waals surface area (Å²) in [6.45, 7) is 3.29. The predicted molar refractivity (Wildman–Crippen MR) is 48.4 cm³/mol. The molecule has 0 spiro atoms. The molecule has 0 heterocycles. The standard InChI is InChI=1S/C8H15N3O/c1-10-11-8(9)6-2-4-7(12)5-3-6/h7,11-12H,1-5,9H2. The maximum atomic E-state index is 9.22. The first-order chi connectivity index (χ1) is 5.74. The van der Waals surface area contributed by atoms with Crippen molar-refractivity contribution in [1.29, 1.82) is 0 Å². The van der Waals surface area contributed by atoms with Crippen molar-refractivity contribution in [3.8, 4) is 0 Å². The van der Waals surface area contributed by atoms with Gasteiger partial charge in [-0.15, -0.1) is 0 Å². The molecular weight excluding hydrogens is 154 g/mol. The van der Waals surface area contributed by atoms with Crippen LogP contribution in [0.25, 0.3) is 0 Å². The number of nitrogens with one attached hydrogen (secondary N) is 1. The molecule has 4 nitrogen and oxygen atoms in total. The van der Waals surface area contributed by atoms with Crippen molar-refractivity contribution in [2.75, 3.05) is 0 Å². The number of nitrogens with two attached hydrogens (primary N) is 1. The van der Waals surface area contributed by atoms with Crippen molar-refractivity contribution in [2.24, 2.45) is 10.8 Å². The average Bonchev–Trinajstić information content (AvgIpc) is 2.06. The highest BCUT2D eigenvalue weighted by atomic mass is 16.3. The maximum absolute atomic E-state index is 9.22. The summed E-state index contributed by atoms with van der Waals surface area (Å²) in [5.41, 5.74) is 9.42. The second-order valence-corrected chi connectivity index (χ2v) is 3.02. The minimum absolute atomic E-state index is 0.154. The number of rotatable bonds is 2. The molecule has 0 saturated heterocycles. The Bertz CT molecular complexity index is 190. The molecule has 0 aromatic rings. The first-order valence-corrected chi connectivity index (χ1v) is 4.11. The highest BCUT2D eigenvalue weighted by molar-refractivity contribution is 5.23. The SMILES string of the molecule is C=NNC(N)=C1CCC(O)CC1. The van der Waals surface area contributed by atoms with Crippen molar-refractivity contribution in [1.82, 2.24) is 5.43 Å². The molecular formula is C8H15N3O. The van der Waals surface area contributed by atoms with Crippen molar-refractivity contribution in [3.05, 3.63) is 11.4 Å². The fraction of sp³-hybridized carbons (Fsp3) is 0.625. The molecule has 0 radical (unpaired) electrons. The molecule has 1 saturated carbocycles. The minimum atomic E-state index is -0.154. The predicted octanol–water partition coefficient (Wildman–Crippen LogP) is 0.297. The summed E-state index contributed by atoms with van der Waals surface area (Å²) in [7, 11) is 0. The van der Waals surface area contributed by atoms with Gasteiger partial charge >= 0.3 is 0 Å². The van der Waals surface area contributed by atoms with E-state index < -0.39 is 0 Å². The molecule has 0 atom stereocenters. The van der Waals surface area contributed by atoms with E-state index in [4.69, 9.17) is 5.73 Å². The molecule has 68 valence electrons. The van der Waals surface area contributed by atoms with E-state index in [0.717, 1.165) is 31.3 Å². The molecule has 1 rings (SSSR count). The topological polar surface area (TPSA) is 70.6 Å². The van der Waals surface area contributed by atoms with Gasteiger partial charge in [0, 0.05) is 6.72 Å². The zero-order valence-electron chi connectivity index (χ0n) is 7.08. The van der Waals surface area contributed by atoms with Crippen LogP contribution in [0.2, 0.25) is 0 Å². The Labute approximate surface area is 72.1 Å². The van der Waals surface area contributed by atoms with Crippen LogP contribution in [0.3, 0.4) is 0 Å². The highest BCUT2D eigenvalue weighted by Crippen LogP contribution is 2.23. The maximum Gasteiger partial charge on any atom is 0.116 e. The van der Waals surface area contributed by atoms with E-state index >= 15 is 0 Å². The number of nitrogens with zero attached hydrogens (tertiary/aromatic N) is 1. The highest BCUT2D eigenvalue weighted by Gasteiger charge is 2.15. The molecule has 1 aliphatic carbocycles. The van der Waals surface area contributed by atoms with Crippen LogP contribution in [0.15, 0.2) is 16.5 Å². The quantitative estimate of drug-likeness (QED) is 0.411. The van der Waals surface area contributed by atoms with Gasteiger partial charge in [-0.3, -0.25) is 5.43 Å². The summed E-state index contributed by atoms with van der Waals surface area (Å²) in [6.07, 6.45) is 3.16. The van der Waals surface area contributed by atoms with Crippen LogP contribution in [-0.2, 0) is 0 Å². The van der Waals surface area contributed by atoms with Gasteiger partial charge in [0.1, 0.15) is 5.82 Å². The van der Waals surface area contributed by atoms with Crippen LogP contribution in [-0.4, -0.2) is 17.9 Å². The monoisotopic (exact) mass is 169 g/mol. The molecule has 0 unspecified atom stereocenters. The smallest absolute Gasteiger partial charge is 0.116 e. The summed E-state index contributed by atoms with van der Waals surface area (Å²) < 4.78 is 0. The van der Waals surface area contributed by atoms with E-state index in [1.54, 1.807) is 0 Å². The molecule has 4 N–H and O–H groups in total. The van der Waals surface area contributed by atoms with Gasteiger partial charge in [-0.2, -0.15) is 5.10 Å². The van der Waals surface area contributed by atoms with Crippen molar-refractivity contribution in [3.63, 3.8) is 0 Å². The third kappa shape index (κ3) is 2.23. The molecule has 0 aromatic carbocycles. The molecule has 4 heteroatoms. The molecule has 1 aliphatic rings. The third-order valence-corrected chi connectivity index (χ3v) is 2.14. The Hall–Kier alpha value is -1.03. The van der Waals surface area contributed by atoms with Gasteiger partial charge in [0.05, 0.1) is 6.10 Å². The van der Waals surface area contributed by atoms with E-state index in [9.17, 15) is 5.11 Å². The summed E-state index contributed by atoms with van der Waals surface area (Å²) in [5.74, 6) is 0.594. The van der Waals surface area contributed by atoms with E-state index in [0.29, 0.717) is 5.82 Å². The molecule has 12 heavy (non-hydrogen) atoms. The van der Waals surface area contributed by atoms with E-state index in [-0.39, 0.29) is 6.10 Å². The molecule has 0 bridgehead atoms. The molecule has 0 amide bonds. The fourth-order valence-electron chi connectivity index (χ4n) is 1.38. The lowest BCUT2D eigenvalue weighted by molar-refractivity contribution is 0.143. The number of aliphatic hydroxyl groups excluding tert-OH is 1. The van der Waals surface area contributed by atoms with Crippen molar-refractivity contribution < 1.29 is 5.11 Å². The Kier molecular flexibility index (Phi) is 3.10. The van der Waals surface area contributed by atoms with Crippen LogP contribution in [0, 0.1) is 0 Å². The van der Waals surface area contributed by atoms with Gasteiger partial charge in [0.25, 0.3) is 0 Å². The lowest BCUT2D eigenvalue weighted by Gasteiger charge is -2.20. The number of hydrazone groups is 1. The number of hydrogen-bond donors (Lipinski definition) is 3. The normalized spacial score (nSPS) is 23.4. The average molecular weight is 169 g/mol. The van der Waals surface area contributed by atoms with Gasteiger partial charge in [-0.05, 0) is 31.3 Å². The number of allylic oxidation sites excluding steroid dienone is 1. The lowest BCUT2D eigenvalue weighted by atomic mass is 9.93. The van der Waals surface area contributed by atoms with Crippen LogP contribution in [0.1, 0.15) is 25.7 Å². The molecule has 0 aliphatic heterocycles. The van der Waals surface area contributed by atoms with E-state index in [1.807, 2.05) is 0 Å². The largest absolute Gasteiger partial charge is 0.393 e. The van der Waals surface area contributed by atoms with Crippen molar-refractivity contribution in [2.45, 2.75) is 31.8 Å². The second kappa shape index (κ2) is 4.11. The number of hydrogen-bond acceptors (Lipinski definition) is 4. The van der Waals surface area contributed by atoms with Crippen LogP contribution in [0.4, 0.5) is 0 Å². The van der Waals surface area contributed by atoms with Gasteiger partial charge in [-0.25, -0.2) is 0 Å². The Morgan fingerprint density at radius 3 is 2.67 bits per heavy atom. The molecule has 1 fully saturated rings.